The number of hydrogen-bond donors (Lipinski definition) is 1. The summed E-state index contributed by atoms with van der Waals surface area (Å²) in [5.74, 6) is 0. The standard InChI is InChI=1S/C14H31NS/c1-13(2,3)12-15-11-9-7-8-10-14(4,5)16-6/h15H,7-12H2,1-6H3. The second kappa shape index (κ2) is 7.60. The van der Waals surface area contributed by atoms with Gasteiger partial charge in [-0.3, -0.25) is 0 Å². The maximum absolute atomic E-state index is 3.53. The summed E-state index contributed by atoms with van der Waals surface area (Å²) in [6, 6.07) is 0. The third-order valence-electron chi connectivity index (χ3n) is 2.84. The van der Waals surface area contributed by atoms with Crippen LogP contribution in [0.4, 0.5) is 0 Å². The SMILES string of the molecule is CSC(C)(C)CCCCCNCC(C)(C)C. The van der Waals surface area contributed by atoms with Crippen molar-refractivity contribution in [1.29, 1.82) is 0 Å². The van der Waals surface area contributed by atoms with Gasteiger partial charge in [0.05, 0.1) is 0 Å². The normalized spacial score (nSPS) is 13.1. The van der Waals surface area contributed by atoms with Crippen LogP contribution in [0.5, 0.6) is 0 Å². The van der Waals surface area contributed by atoms with Crippen molar-refractivity contribution in [2.75, 3.05) is 19.3 Å². The first-order valence-electron chi connectivity index (χ1n) is 6.53. The van der Waals surface area contributed by atoms with Crippen LogP contribution in [-0.2, 0) is 0 Å². The zero-order valence-electron chi connectivity index (χ0n) is 12.2. The Balaban J connectivity index is 3.29. The van der Waals surface area contributed by atoms with E-state index in [2.05, 4.69) is 46.2 Å². The fraction of sp³-hybridized carbons (Fsp3) is 1.00. The molecule has 0 unspecified atom stereocenters. The van der Waals surface area contributed by atoms with Crippen molar-refractivity contribution in [2.45, 2.75) is 65.0 Å². The fourth-order valence-electron chi connectivity index (χ4n) is 1.54. The highest BCUT2D eigenvalue weighted by molar-refractivity contribution is 7.99. The number of unbranched alkanes of at least 4 members (excludes halogenated alkanes) is 2. The van der Waals surface area contributed by atoms with Gasteiger partial charge in [0.1, 0.15) is 0 Å². The molecule has 0 aromatic rings. The van der Waals surface area contributed by atoms with Gasteiger partial charge in [0, 0.05) is 4.75 Å². The Morgan fingerprint density at radius 3 is 2.06 bits per heavy atom. The minimum absolute atomic E-state index is 0.418. The molecule has 2 heteroatoms. The van der Waals surface area contributed by atoms with Gasteiger partial charge in [0.15, 0.2) is 0 Å². The van der Waals surface area contributed by atoms with Crippen molar-refractivity contribution >= 4 is 11.8 Å². The molecule has 1 N–H and O–H groups in total. The van der Waals surface area contributed by atoms with E-state index >= 15 is 0 Å². The van der Waals surface area contributed by atoms with Crippen LogP contribution in [0.2, 0.25) is 0 Å². The highest BCUT2D eigenvalue weighted by Crippen LogP contribution is 2.27. The third-order valence-corrected chi connectivity index (χ3v) is 4.15. The van der Waals surface area contributed by atoms with E-state index in [9.17, 15) is 0 Å². The maximum Gasteiger partial charge on any atom is 0.0100 e. The topological polar surface area (TPSA) is 12.0 Å². The smallest absolute Gasteiger partial charge is 0.0100 e. The molecule has 0 heterocycles. The van der Waals surface area contributed by atoms with Crippen molar-refractivity contribution in [3.8, 4) is 0 Å². The Morgan fingerprint density at radius 1 is 0.938 bits per heavy atom. The van der Waals surface area contributed by atoms with Gasteiger partial charge in [-0.15, -0.1) is 0 Å². The molecule has 16 heavy (non-hydrogen) atoms. The lowest BCUT2D eigenvalue weighted by molar-refractivity contribution is 0.377. The summed E-state index contributed by atoms with van der Waals surface area (Å²) >= 11 is 1.98. The maximum atomic E-state index is 3.53. The van der Waals surface area contributed by atoms with Gasteiger partial charge < -0.3 is 5.32 Å². The summed E-state index contributed by atoms with van der Waals surface area (Å²) in [5, 5.41) is 3.53. The molecule has 0 amide bonds. The van der Waals surface area contributed by atoms with E-state index in [-0.39, 0.29) is 0 Å². The van der Waals surface area contributed by atoms with E-state index in [1.807, 2.05) is 11.8 Å². The lowest BCUT2D eigenvalue weighted by atomic mass is 9.97. The van der Waals surface area contributed by atoms with Crippen molar-refractivity contribution in [3.05, 3.63) is 0 Å². The molecule has 0 atom stereocenters. The molecule has 0 aliphatic carbocycles. The molecule has 0 fully saturated rings. The zero-order chi connectivity index (χ0) is 12.7. The van der Waals surface area contributed by atoms with Gasteiger partial charge in [0.2, 0.25) is 0 Å². The predicted molar refractivity (Wildman–Crippen MR) is 78.4 cm³/mol. The van der Waals surface area contributed by atoms with Crippen LogP contribution < -0.4 is 5.32 Å². The lowest BCUT2D eigenvalue weighted by Gasteiger charge is -2.21. The van der Waals surface area contributed by atoms with Crippen molar-refractivity contribution < 1.29 is 0 Å². The number of rotatable bonds is 8. The summed E-state index contributed by atoms with van der Waals surface area (Å²) in [6.45, 7) is 13.8. The average molecular weight is 245 g/mol. The second-order valence-corrected chi connectivity index (χ2v) is 8.03. The molecule has 0 spiro atoms. The Bertz CT molecular complexity index is 170. The highest BCUT2D eigenvalue weighted by Gasteiger charge is 2.14. The molecule has 0 aromatic carbocycles. The Labute approximate surface area is 107 Å². The summed E-state index contributed by atoms with van der Waals surface area (Å²) in [6.07, 6.45) is 7.60. The minimum Gasteiger partial charge on any atom is -0.316 e. The molecule has 0 aromatic heterocycles. The lowest BCUT2D eigenvalue weighted by Crippen LogP contribution is -2.27. The van der Waals surface area contributed by atoms with Gasteiger partial charge in [-0.05, 0) is 37.6 Å². The highest BCUT2D eigenvalue weighted by atomic mass is 32.2. The first-order valence-corrected chi connectivity index (χ1v) is 7.75. The molecule has 0 aliphatic heterocycles. The van der Waals surface area contributed by atoms with Crippen LogP contribution in [0, 0.1) is 5.41 Å². The predicted octanol–water partition coefficient (Wildman–Crippen LogP) is 4.32. The number of hydrogen-bond acceptors (Lipinski definition) is 2. The van der Waals surface area contributed by atoms with Crippen molar-refractivity contribution in [1.82, 2.24) is 5.32 Å². The fourth-order valence-corrected chi connectivity index (χ4v) is 1.89. The van der Waals surface area contributed by atoms with Gasteiger partial charge in [0.25, 0.3) is 0 Å². The molecule has 0 bridgehead atoms. The van der Waals surface area contributed by atoms with E-state index < -0.39 is 0 Å². The molecule has 1 nitrogen and oxygen atoms in total. The van der Waals surface area contributed by atoms with Crippen LogP contribution >= 0.6 is 11.8 Å². The van der Waals surface area contributed by atoms with Gasteiger partial charge >= 0.3 is 0 Å². The van der Waals surface area contributed by atoms with E-state index in [1.165, 1.54) is 32.2 Å². The molecule has 0 aliphatic rings. The second-order valence-electron chi connectivity index (χ2n) is 6.51. The Kier molecular flexibility index (Phi) is 7.75. The molecule has 0 saturated carbocycles. The molecule has 0 saturated heterocycles. The van der Waals surface area contributed by atoms with Crippen LogP contribution in [0.25, 0.3) is 0 Å². The van der Waals surface area contributed by atoms with E-state index in [0.29, 0.717) is 10.2 Å². The van der Waals surface area contributed by atoms with Crippen molar-refractivity contribution in [3.63, 3.8) is 0 Å². The van der Waals surface area contributed by atoms with E-state index in [1.54, 1.807) is 0 Å². The quantitative estimate of drug-likeness (QED) is 0.639. The average Bonchev–Trinajstić information content (AvgIpc) is 2.14. The zero-order valence-corrected chi connectivity index (χ0v) is 13.0. The van der Waals surface area contributed by atoms with E-state index in [0.717, 1.165) is 6.54 Å². The van der Waals surface area contributed by atoms with Crippen LogP contribution in [0.1, 0.15) is 60.3 Å². The number of nitrogens with one attached hydrogen (secondary N) is 1. The Hall–Kier alpha value is 0.310. The van der Waals surface area contributed by atoms with Crippen LogP contribution in [0.3, 0.4) is 0 Å². The summed E-state index contributed by atoms with van der Waals surface area (Å²) < 4.78 is 0.471. The summed E-state index contributed by atoms with van der Waals surface area (Å²) in [7, 11) is 0. The number of thioether (sulfide) groups is 1. The van der Waals surface area contributed by atoms with Gasteiger partial charge in [-0.25, -0.2) is 0 Å². The van der Waals surface area contributed by atoms with Crippen LogP contribution in [-0.4, -0.2) is 24.1 Å². The monoisotopic (exact) mass is 245 g/mol. The minimum atomic E-state index is 0.418. The third kappa shape index (κ3) is 10.8. The Morgan fingerprint density at radius 2 is 1.56 bits per heavy atom. The first kappa shape index (κ1) is 16.3. The molecule has 0 radical (unpaired) electrons. The van der Waals surface area contributed by atoms with Crippen molar-refractivity contribution in [2.24, 2.45) is 5.41 Å². The molecular formula is C14H31NS. The first-order chi connectivity index (χ1) is 7.27. The van der Waals surface area contributed by atoms with Gasteiger partial charge in [-0.2, -0.15) is 11.8 Å². The molecule has 98 valence electrons. The van der Waals surface area contributed by atoms with E-state index in [4.69, 9.17) is 0 Å². The largest absolute Gasteiger partial charge is 0.316 e. The molecular weight excluding hydrogens is 214 g/mol. The van der Waals surface area contributed by atoms with Gasteiger partial charge in [-0.1, -0.05) is 47.5 Å². The summed E-state index contributed by atoms with van der Waals surface area (Å²) in [5.41, 5.74) is 0.418. The molecule has 0 rings (SSSR count). The summed E-state index contributed by atoms with van der Waals surface area (Å²) in [4.78, 5) is 0. The van der Waals surface area contributed by atoms with Crippen LogP contribution in [0.15, 0.2) is 0 Å².